The van der Waals surface area contributed by atoms with Gasteiger partial charge in [0.25, 0.3) is 0 Å². The second-order valence-electron chi connectivity index (χ2n) is 4.42. The SMILES string of the molecule is COCCCN(CCOC)CCc1ccccc1. The molecule has 0 aromatic heterocycles. The summed E-state index contributed by atoms with van der Waals surface area (Å²) in [6.45, 7) is 4.77. The molecule has 0 heterocycles. The number of ether oxygens (including phenoxy) is 2. The number of benzene rings is 1. The Hall–Kier alpha value is -0.900. The van der Waals surface area contributed by atoms with Crippen LogP contribution in [0.4, 0.5) is 0 Å². The Morgan fingerprint density at radius 2 is 1.61 bits per heavy atom. The third kappa shape index (κ3) is 6.74. The van der Waals surface area contributed by atoms with Gasteiger partial charge in [-0.05, 0) is 18.4 Å². The zero-order chi connectivity index (χ0) is 13.1. The van der Waals surface area contributed by atoms with Gasteiger partial charge in [-0.1, -0.05) is 30.3 Å². The smallest absolute Gasteiger partial charge is 0.0589 e. The lowest BCUT2D eigenvalue weighted by molar-refractivity contribution is 0.133. The summed E-state index contributed by atoms with van der Waals surface area (Å²) in [5.74, 6) is 0. The van der Waals surface area contributed by atoms with Crippen molar-refractivity contribution in [3.05, 3.63) is 35.9 Å². The number of hydrogen-bond acceptors (Lipinski definition) is 3. The lowest BCUT2D eigenvalue weighted by Crippen LogP contribution is -2.31. The molecule has 18 heavy (non-hydrogen) atoms. The Kier molecular flexibility index (Phi) is 8.47. The zero-order valence-corrected chi connectivity index (χ0v) is 11.6. The first-order valence-electron chi connectivity index (χ1n) is 6.61. The molecule has 0 spiro atoms. The molecule has 0 aliphatic rings. The maximum atomic E-state index is 5.16. The standard InChI is InChI=1S/C15H25NO2/c1-17-13-6-10-16(12-14-18-2)11-9-15-7-4-3-5-8-15/h3-5,7-8H,6,9-14H2,1-2H3. The largest absolute Gasteiger partial charge is 0.385 e. The molecule has 0 fully saturated rings. The Bertz CT molecular complexity index is 290. The predicted molar refractivity (Wildman–Crippen MR) is 75.0 cm³/mol. The van der Waals surface area contributed by atoms with E-state index in [1.807, 2.05) is 0 Å². The molecule has 0 bridgehead atoms. The van der Waals surface area contributed by atoms with E-state index in [-0.39, 0.29) is 0 Å². The highest BCUT2D eigenvalue weighted by atomic mass is 16.5. The third-order valence-corrected chi connectivity index (χ3v) is 2.99. The molecule has 0 saturated carbocycles. The Balaban J connectivity index is 2.30. The van der Waals surface area contributed by atoms with E-state index < -0.39 is 0 Å². The van der Waals surface area contributed by atoms with Gasteiger partial charge >= 0.3 is 0 Å². The van der Waals surface area contributed by atoms with Crippen LogP contribution < -0.4 is 0 Å². The van der Waals surface area contributed by atoms with Crippen molar-refractivity contribution in [2.45, 2.75) is 12.8 Å². The topological polar surface area (TPSA) is 21.7 Å². The summed E-state index contributed by atoms with van der Waals surface area (Å²) in [6.07, 6.45) is 2.17. The van der Waals surface area contributed by atoms with Crippen molar-refractivity contribution < 1.29 is 9.47 Å². The molecule has 0 N–H and O–H groups in total. The lowest BCUT2D eigenvalue weighted by Gasteiger charge is -2.21. The van der Waals surface area contributed by atoms with Gasteiger partial charge in [0.15, 0.2) is 0 Å². The minimum Gasteiger partial charge on any atom is -0.385 e. The van der Waals surface area contributed by atoms with Crippen LogP contribution in [0.15, 0.2) is 30.3 Å². The molecule has 3 heteroatoms. The molecule has 0 amide bonds. The van der Waals surface area contributed by atoms with Crippen LogP contribution in [0.1, 0.15) is 12.0 Å². The van der Waals surface area contributed by atoms with E-state index in [0.717, 1.165) is 45.7 Å². The fraction of sp³-hybridized carbons (Fsp3) is 0.600. The lowest BCUT2D eigenvalue weighted by atomic mass is 10.1. The molecular formula is C15H25NO2. The van der Waals surface area contributed by atoms with Gasteiger partial charge in [-0.25, -0.2) is 0 Å². The summed E-state index contributed by atoms with van der Waals surface area (Å²) in [5, 5.41) is 0. The monoisotopic (exact) mass is 251 g/mol. The molecule has 0 unspecified atom stereocenters. The quantitative estimate of drug-likeness (QED) is 0.595. The van der Waals surface area contributed by atoms with E-state index in [9.17, 15) is 0 Å². The molecule has 3 nitrogen and oxygen atoms in total. The molecule has 0 radical (unpaired) electrons. The average molecular weight is 251 g/mol. The van der Waals surface area contributed by atoms with E-state index in [1.165, 1.54) is 5.56 Å². The summed E-state index contributed by atoms with van der Waals surface area (Å²) in [7, 11) is 3.51. The van der Waals surface area contributed by atoms with Crippen LogP contribution in [0.3, 0.4) is 0 Å². The zero-order valence-electron chi connectivity index (χ0n) is 11.6. The molecule has 0 saturated heterocycles. The Morgan fingerprint density at radius 3 is 2.28 bits per heavy atom. The summed E-state index contributed by atoms with van der Waals surface area (Å²) in [6, 6.07) is 10.6. The molecule has 1 rings (SSSR count). The minimum absolute atomic E-state index is 0.793. The number of nitrogens with zero attached hydrogens (tertiary/aromatic N) is 1. The normalized spacial score (nSPS) is 11.1. The molecule has 0 atom stereocenters. The van der Waals surface area contributed by atoms with Crippen LogP contribution in [0.5, 0.6) is 0 Å². The van der Waals surface area contributed by atoms with Crippen LogP contribution in [0, 0.1) is 0 Å². The van der Waals surface area contributed by atoms with Crippen LogP contribution in [0.2, 0.25) is 0 Å². The van der Waals surface area contributed by atoms with Gasteiger partial charge in [0.1, 0.15) is 0 Å². The van der Waals surface area contributed by atoms with Crippen LogP contribution >= 0.6 is 0 Å². The van der Waals surface area contributed by atoms with Gasteiger partial charge in [-0.2, -0.15) is 0 Å². The Morgan fingerprint density at radius 1 is 0.889 bits per heavy atom. The molecular weight excluding hydrogens is 226 g/mol. The van der Waals surface area contributed by atoms with Gasteiger partial charge in [0.2, 0.25) is 0 Å². The number of methoxy groups -OCH3 is 2. The molecule has 1 aromatic rings. The Labute approximate surface area is 111 Å². The highest BCUT2D eigenvalue weighted by Crippen LogP contribution is 2.02. The van der Waals surface area contributed by atoms with Crippen molar-refractivity contribution in [3.63, 3.8) is 0 Å². The van der Waals surface area contributed by atoms with Crippen LogP contribution in [-0.4, -0.2) is 52.0 Å². The van der Waals surface area contributed by atoms with Crippen molar-refractivity contribution in [1.29, 1.82) is 0 Å². The van der Waals surface area contributed by atoms with Crippen LogP contribution in [0.25, 0.3) is 0 Å². The van der Waals surface area contributed by atoms with E-state index in [2.05, 4.69) is 35.2 Å². The van der Waals surface area contributed by atoms with Crippen molar-refractivity contribution >= 4 is 0 Å². The molecule has 102 valence electrons. The maximum absolute atomic E-state index is 5.16. The first-order valence-corrected chi connectivity index (χ1v) is 6.61. The number of hydrogen-bond donors (Lipinski definition) is 0. The second kappa shape index (κ2) is 10.1. The van der Waals surface area contributed by atoms with Crippen molar-refractivity contribution in [2.24, 2.45) is 0 Å². The third-order valence-electron chi connectivity index (χ3n) is 2.99. The van der Waals surface area contributed by atoms with E-state index in [1.54, 1.807) is 14.2 Å². The molecule has 0 aliphatic carbocycles. The maximum Gasteiger partial charge on any atom is 0.0589 e. The average Bonchev–Trinajstić information content (AvgIpc) is 2.42. The van der Waals surface area contributed by atoms with E-state index in [0.29, 0.717) is 0 Å². The van der Waals surface area contributed by atoms with E-state index >= 15 is 0 Å². The van der Waals surface area contributed by atoms with Crippen molar-refractivity contribution in [2.75, 3.05) is 47.1 Å². The molecule has 0 aliphatic heterocycles. The highest BCUT2D eigenvalue weighted by molar-refractivity contribution is 5.14. The summed E-state index contributed by atoms with van der Waals surface area (Å²) < 4.78 is 10.3. The van der Waals surface area contributed by atoms with Gasteiger partial charge in [-0.15, -0.1) is 0 Å². The summed E-state index contributed by atoms with van der Waals surface area (Å²) in [4.78, 5) is 2.44. The number of rotatable bonds is 10. The van der Waals surface area contributed by atoms with Crippen LogP contribution in [-0.2, 0) is 15.9 Å². The van der Waals surface area contributed by atoms with E-state index in [4.69, 9.17) is 9.47 Å². The first-order chi connectivity index (χ1) is 8.86. The summed E-state index contributed by atoms with van der Waals surface area (Å²) >= 11 is 0. The van der Waals surface area contributed by atoms with Crippen molar-refractivity contribution in [3.8, 4) is 0 Å². The first kappa shape index (κ1) is 15.2. The molecule has 1 aromatic carbocycles. The fourth-order valence-corrected chi connectivity index (χ4v) is 1.92. The van der Waals surface area contributed by atoms with Gasteiger partial charge in [-0.3, -0.25) is 0 Å². The van der Waals surface area contributed by atoms with Gasteiger partial charge < -0.3 is 14.4 Å². The van der Waals surface area contributed by atoms with Crippen molar-refractivity contribution in [1.82, 2.24) is 4.90 Å². The second-order valence-corrected chi connectivity index (χ2v) is 4.42. The summed E-state index contributed by atoms with van der Waals surface area (Å²) in [5.41, 5.74) is 1.40. The minimum atomic E-state index is 0.793. The van der Waals surface area contributed by atoms with Gasteiger partial charge in [0.05, 0.1) is 6.61 Å². The van der Waals surface area contributed by atoms with Gasteiger partial charge in [0, 0.05) is 40.5 Å². The predicted octanol–water partition coefficient (Wildman–Crippen LogP) is 2.21. The highest BCUT2D eigenvalue weighted by Gasteiger charge is 2.04. The fourth-order valence-electron chi connectivity index (χ4n) is 1.92.